The molecule has 4 aromatic rings. The van der Waals surface area contributed by atoms with E-state index in [1.165, 1.54) is 6.21 Å². The molecule has 0 fully saturated rings. The Morgan fingerprint density at radius 3 is 2.29 bits per heavy atom. The third-order valence-electron chi connectivity index (χ3n) is 4.92. The van der Waals surface area contributed by atoms with Crippen molar-refractivity contribution >= 4 is 34.0 Å². The third-order valence-corrected chi connectivity index (χ3v) is 5.42. The highest BCUT2D eigenvalue weighted by Gasteiger charge is 2.13. The first-order valence-corrected chi connectivity index (χ1v) is 11.6. The number of esters is 1. The molecule has 0 aromatic heterocycles. The fourth-order valence-corrected chi connectivity index (χ4v) is 3.56. The molecule has 4 rings (SSSR count). The lowest BCUT2D eigenvalue weighted by molar-refractivity contribution is 0.0734. The molecule has 7 heteroatoms. The zero-order chi connectivity index (χ0) is 24.5. The molecule has 0 aliphatic heterocycles. The van der Waals surface area contributed by atoms with Gasteiger partial charge in [-0.15, -0.1) is 0 Å². The molecule has 0 saturated carbocycles. The molecular weight excluding hydrogens is 508 g/mol. The molecule has 0 aliphatic rings. The van der Waals surface area contributed by atoms with Gasteiger partial charge in [0.15, 0.2) is 0 Å². The van der Waals surface area contributed by atoms with Gasteiger partial charge in [-0.1, -0.05) is 76.6 Å². The number of nitrogens with zero attached hydrogens (tertiary/aromatic N) is 1. The SMILES string of the molecule is O=C(Oc1ccc(Br)cc1C=NNC(=O)c1ccccc1OCc1ccccc1)c1ccccc1. The molecule has 0 unspecified atom stereocenters. The Kier molecular flexibility index (Phi) is 8.04. The smallest absolute Gasteiger partial charge is 0.343 e. The Balaban J connectivity index is 1.45. The van der Waals surface area contributed by atoms with E-state index in [0.29, 0.717) is 34.8 Å². The van der Waals surface area contributed by atoms with E-state index >= 15 is 0 Å². The Morgan fingerprint density at radius 2 is 1.51 bits per heavy atom. The fraction of sp³-hybridized carbons (Fsp3) is 0.0357. The summed E-state index contributed by atoms with van der Waals surface area (Å²) in [6, 6.07) is 30.5. The van der Waals surface area contributed by atoms with Crippen LogP contribution in [0.5, 0.6) is 11.5 Å². The van der Waals surface area contributed by atoms with E-state index in [1.807, 2.05) is 36.4 Å². The Bertz CT molecular complexity index is 1340. The van der Waals surface area contributed by atoms with Gasteiger partial charge in [0.1, 0.15) is 18.1 Å². The van der Waals surface area contributed by atoms with E-state index in [0.717, 1.165) is 10.0 Å². The summed E-state index contributed by atoms with van der Waals surface area (Å²) < 4.78 is 12.2. The molecule has 6 nitrogen and oxygen atoms in total. The molecule has 35 heavy (non-hydrogen) atoms. The van der Waals surface area contributed by atoms with Crippen molar-refractivity contribution in [1.82, 2.24) is 5.43 Å². The maximum atomic E-state index is 12.8. The van der Waals surface area contributed by atoms with E-state index in [-0.39, 0.29) is 0 Å². The van der Waals surface area contributed by atoms with Gasteiger partial charge in [0.05, 0.1) is 17.3 Å². The number of nitrogens with one attached hydrogen (secondary N) is 1. The van der Waals surface area contributed by atoms with Crippen LogP contribution in [0.3, 0.4) is 0 Å². The van der Waals surface area contributed by atoms with Gasteiger partial charge in [-0.3, -0.25) is 4.79 Å². The first kappa shape index (κ1) is 23.9. The van der Waals surface area contributed by atoms with Gasteiger partial charge in [-0.2, -0.15) is 5.10 Å². The van der Waals surface area contributed by atoms with Gasteiger partial charge in [0.2, 0.25) is 0 Å². The minimum absolute atomic E-state index is 0.312. The van der Waals surface area contributed by atoms with Gasteiger partial charge in [0.25, 0.3) is 5.91 Å². The zero-order valence-electron chi connectivity index (χ0n) is 18.6. The summed E-state index contributed by atoms with van der Waals surface area (Å²) in [6.07, 6.45) is 1.42. The summed E-state index contributed by atoms with van der Waals surface area (Å²) in [7, 11) is 0. The number of benzene rings is 4. The van der Waals surface area contributed by atoms with Gasteiger partial charge in [-0.25, -0.2) is 10.2 Å². The van der Waals surface area contributed by atoms with Crippen molar-refractivity contribution in [3.05, 3.63) is 130 Å². The van der Waals surface area contributed by atoms with E-state index in [2.05, 4.69) is 26.5 Å². The van der Waals surface area contributed by atoms with Gasteiger partial charge in [0, 0.05) is 10.0 Å². The number of para-hydroxylation sites is 1. The summed E-state index contributed by atoms with van der Waals surface area (Å²) in [5, 5.41) is 4.07. The standard InChI is InChI=1S/C28H21BrN2O4/c29-23-15-16-25(35-28(33)21-11-5-2-6-12-21)22(17-23)18-30-31-27(32)24-13-7-8-14-26(24)34-19-20-9-3-1-4-10-20/h1-18H,19H2,(H,31,32). The lowest BCUT2D eigenvalue weighted by Gasteiger charge is -2.10. The first-order chi connectivity index (χ1) is 17.1. The quantitative estimate of drug-likeness (QED) is 0.131. The molecule has 1 N–H and O–H groups in total. The number of carbonyl (C=O) groups is 2. The van der Waals surface area contributed by atoms with E-state index in [4.69, 9.17) is 9.47 Å². The average molecular weight is 529 g/mol. The molecule has 0 bridgehead atoms. The van der Waals surface area contributed by atoms with Gasteiger partial charge >= 0.3 is 5.97 Å². The summed E-state index contributed by atoms with van der Waals surface area (Å²) in [5.41, 5.74) is 4.80. The average Bonchev–Trinajstić information content (AvgIpc) is 2.90. The van der Waals surface area contributed by atoms with Gasteiger partial charge in [-0.05, 0) is 48.0 Å². The number of halogens is 1. The van der Waals surface area contributed by atoms with Crippen molar-refractivity contribution in [2.45, 2.75) is 6.61 Å². The van der Waals surface area contributed by atoms with Crippen LogP contribution < -0.4 is 14.9 Å². The topological polar surface area (TPSA) is 77.0 Å². The van der Waals surface area contributed by atoms with Crippen molar-refractivity contribution in [3.63, 3.8) is 0 Å². The van der Waals surface area contributed by atoms with E-state index in [9.17, 15) is 9.59 Å². The highest BCUT2D eigenvalue weighted by atomic mass is 79.9. The van der Waals surface area contributed by atoms with Crippen molar-refractivity contribution < 1.29 is 19.1 Å². The maximum Gasteiger partial charge on any atom is 0.343 e. The highest BCUT2D eigenvalue weighted by Crippen LogP contribution is 2.23. The van der Waals surface area contributed by atoms with Crippen LogP contribution in [0.2, 0.25) is 0 Å². The molecule has 1 amide bonds. The Hall–Kier alpha value is -4.23. The molecule has 0 heterocycles. The monoisotopic (exact) mass is 528 g/mol. The summed E-state index contributed by atoms with van der Waals surface area (Å²) in [4.78, 5) is 25.2. The summed E-state index contributed by atoms with van der Waals surface area (Å²) in [5.74, 6) is -0.158. The minimum Gasteiger partial charge on any atom is -0.488 e. The minimum atomic E-state index is -0.490. The third kappa shape index (κ3) is 6.65. The van der Waals surface area contributed by atoms with Crippen molar-refractivity contribution in [2.24, 2.45) is 5.10 Å². The van der Waals surface area contributed by atoms with Crippen molar-refractivity contribution in [1.29, 1.82) is 0 Å². The van der Waals surface area contributed by atoms with Crippen molar-refractivity contribution in [3.8, 4) is 11.5 Å². The Morgan fingerprint density at radius 1 is 0.829 bits per heavy atom. The zero-order valence-corrected chi connectivity index (χ0v) is 20.1. The van der Waals surface area contributed by atoms with Crippen LogP contribution in [0.1, 0.15) is 31.8 Å². The van der Waals surface area contributed by atoms with Crippen LogP contribution in [0, 0.1) is 0 Å². The van der Waals surface area contributed by atoms with Crippen LogP contribution in [-0.2, 0) is 6.61 Å². The number of hydrazone groups is 1. The maximum absolute atomic E-state index is 12.8. The lowest BCUT2D eigenvalue weighted by Crippen LogP contribution is -2.19. The second-order valence-electron chi connectivity index (χ2n) is 7.41. The molecule has 4 aromatic carbocycles. The number of hydrogen-bond donors (Lipinski definition) is 1. The molecule has 0 spiro atoms. The lowest BCUT2D eigenvalue weighted by atomic mass is 10.2. The second-order valence-corrected chi connectivity index (χ2v) is 8.32. The molecule has 0 atom stereocenters. The summed E-state index contributed by atoms with van der Waals surface area (Å²) >= 11 is 3.41. The van der Waals surface area contributed by atoms with Crippen LogP contribution in [0.15, 0.2) is 113 Å². The molecule has 0 saturated heterocycles. The Labute approximate surface area is 211 Å². The predicted octanol–water partition coefficient (Wildman–Crippen LogP) is 6.01. The molecule has 0 aliphatic carbocycles. The first-order valence-electron chi connectivity index (χ1n) is 10.8. The van der Waals surface area contributed by atoms with Crippen LogP contribution in [-0.4, -0.2) is 18.1 Å². The molecule has 174 valence electrons. The normalized spacial score (nSPS) is 10.7. The van der Waals surface area contributed by atoms with Crippen LogP contribution in [0.4, 0.5) is 0 Å². The fourth-order valence-electron chi connectivity index (χ4n) is 3.18. The number of rotatable bonds is 8. The molecule has 0 radical (unpaired) electrons. The molecular formula is C28H21BrN2O4. The largest absolute Gasteiger partial charge is 0.488 e. The predicted molar refractivity (Wildman–Crippen MR) is 138 cm³/mol. The van der Waals surface area contributed by atoms with Gasteiger partial charge < -0.3 is 9.47 Å². The van der Waals surface area contributed by atoms with E-state index < -0.39 is 11.9 Å². The number of amides is 1. The summed E-state index contributed by atoms with van der Waals surface area (Å²) in [6.45, 7) is 0.336. The number of ether oxygens (including phenoxy) is 2. The van der Waals surface area contributed by atoms with Crippen LogP contribution >= 0.6 is 15.9 Å². The highest BCUT2D eigenvalue weighted by molar-refractivity contribution is 9.10. The van der Waals surface area contributed by atoms with Crippen molar-refractivity contribution in [2.75, 3.05) is 0 Å². The van der Waals surface area contributed by atoms with E-state index in [1.54, 1.807) is 66.7 Å². The number of carbonyl (C=O) groups excluding carboxylic acids is 2. The van der Waals surface area contributed by atoms with Crippen LogP contribution in [0.25, 0.3) is 0 Å². The number of hydrogen-bond acceptors (Lipinski definition) is 5. The second kappa shape index (κ2) is 11.8.